The first kappa shape index (κ1) is 22.6. The Morgan fingerprint density at radius 3 is 2.14 bits per heavy atom. The van der Waals surface area contributed by atoms with Gasteiger partial charge in [-0.1, -0.05) is 40.5 Å². The summed E-state index contributed by atoms with van der Waals surface area (Å²) in [5.74, 6) is 4.66. The summed E-state index contributed by atoms with van der Waals surface area (Å²) in [6.07, 6.45) is 11.5. The Morgan fingerprint density at radius 1 is 0.714 bits per heavy atom. The van der Waals surface area contributed by atoms with Gasteiger partial charge in [-0.2, -0.15) is 0 Å². The minimum Gasteiger partial charge on any atom is -0.314 e. The summed E-state index contributed by atoms with van der Waals surface area (Å²) in [6.45, 7) is 13.5. The first-order valence-corrected chi connectivity index (χ1v) is 12.5. The van der Waals surface area contributed by atoms with Crippen molar-refractivity contribution < 1.29 is 0 Å². The van der Waals surface area contributed by atoms with Crippen molar-refractivity contribution in [3.05, 3.63) is 0 Å². The van der Waals surface area contributed by atoms with Crippen LogP contribution in [0.15, 0.2) is 0 Å². The second kappa shape index (κ2) is 10.3. The van der Waals surface area contributed by atoms with E-state index in [9.17, 15) is 0 Å². The summed E-state index contributed by atoms with van der Waals surface area (Å²) in [6, 6.07) is 2.51. The summed E-state index contributed by atoms with van der Waals surface area (Å²) in [5.41, 5.74) is 0. The van der Waals surface area contributed by atoms with Gasteiger partial charge in [0.05, 0.1) is 0 Å². The average molecular weight is 392 g/mol. The molecule has 3 aliphatic heterocycles. The summed E-state index contributed by atoms with van der Waals surface area (Å²) < 4.78 is 0. The Labute approximate surface area is 176 Å². The third-order valence-corrected chi connectivity index (χ3v) is 8.70. The highest BCUT2D eigenvalue weighted by atomic mass is 15.2. The van der Waals surface area contributed by atoms with Gasteiger partial charge in [-0.05, 0) is 102 Å². The first-order valence-electron chi connectivity index (χ1n) is 12.5. The average Bonchev–Trinajstić information content (AvgIpc) is 2.68. The molecule has 0 radical (unpaired) electrons. The van der Waals surface area contributed by atoms with Crippen molar-refractivity contribution >= 4 is 0 Å². The fourth-order valence-corrected chi connectivity index (χ4v) is 7.08. The summed E-state index contributed by atoms with van der Waals surface area (Å²) >= 11 is 0. The standard InChI is InChI=1S/C13H26N2.C12H23N/c1-10(2)11-7-9-14(3)12-6-5-8-15(4)13(11)12;1-9(2)10-7-8-13-12-6-4-3-5-11(10)12/h10-13H,5-9H2,1-4H3;9-13H,3-8H2,1-2H3. The van der Waals surface area contributed by atoms with Crippen molar-refractivity contribution in [3.8, 4) is 0 Å². The maximum absolute atomic E-state index is 3.71. The van der Waals surface area contributed by atoms with Crippen molar-refractivity contribution in [2.24, 2.45) is 29.6 Å². The maximum atomic E-state index is 3.71. The highest BCUT2D eigenvalue weighted by Gasteiger charge is 2.41. The number of hydrogen-bond donors (Lipinski definition) is 1. The molecule has 0 bridgehead atoms. The highest BCUT2D eigenvalue weighted by Crippen LogP contribution is 2.38. The van der Waals surface area contributed by atoms with E-state index >= 15 is 0 Å². The van der Waals surface area contributed by atoms with Gasteiger partial charge in [0.25, 0.3) is 0 Å². The van der Waals surface area contributed by atoms with E-state index in [1.165, 1.54) is 71.0 Å². The van der Waals surface area contributed by atoms with Gasteiger partial charge in [0.1, 0.15) is 0 Å². The molecular formula is C25H49N3. The van der Waals surface area contributed by atoms with E-state index in [2.05, 4.69) is 56.9 Å². The topological polar surface area (TPSA) is 18.5 Å². The lowest BCUT2D eigenvalue weighted by Gasteiger charge is -2.52. The van der Waals surface area contributed by atoms with E-state index in [1.54, 1.807) is 0 Å². The smallest absolute Gasteiger partial charge is 0.0279 e. The Kier molecular flexibility index (Phi) is 8.27. The highest BCUT2D eigenvalue weighted by molar-refractivity contribution is 4.97. The Morgan fingerprint density at radius 2 is 1.43 bits per heavy atom. The van der Waals surface area contributed by atoms with Gasteiger partial charge < -0.3 is 15.1 Å². The summed E-state index contributed by atoms with van der Waals surface area (Å²) in [5, 5.41) is 3.71. The lowest BCUT2D eigenvalue weighted by molar-refractivity contribution is -0.0186. The number of hydrogen-bond acceptors (Lipinski definition) is 3. The molecule has 28 heavy (non-hydrogen) atoms. The minimum atomic E-state index is 0.817. The summed E-state index contributed by atoms with van der Waals surface area (Å²) in [4.78, 5) is 5.22. The third-order valence-electron chi connectivity index (χ3n) is 8.70. The molecule has 0 amide bonds. The summed E-state index contributed by atoms with van der Waals surface area (Å²) in [7, 11) is 4.64. The maximum Gasteiger partial charge on any atom is 0.0279 e. The molecule has 0 spiro atoms. The number of fused-ring (bicyclic) bond motifs is 2. The fourth-order valence-electron chi connectivity index (χ4n) is 7.08. The van der Waals surface area contributed by atoms with Crippen LogP contribution in [0.4, 0.5) is 0 Å². The van der Waals surface area contributed by atoms with Crippen LogP contribution in [-0.2, 0) is 0 Å². The SMILES string of the molecule is CC(C)C1CCN(C)C2CCCN(C)C12.CC(C)C1CCNC2CCCCC21. The molecule has 4 fully saturated rings. The van der Waals surface area contributed by atoms with E-state index in [0.717, 1.165) is 47.7 Å². The van der Waals surface area contributed by atoms with Crippen LogP contribution in [0.1, 0.15) is 79.1 Å². The van der Waals surface area contributed by atoms with Crippen LogP contribution < -0.4 is 5.32 Å². The zero-order valence-electron chi connectivity index (χ0n) is 19.8. The van der Waals surface area contributed by atoms with Crippen LogP contribution in [0.5, 0.6) is 0 Å². The second-order valence-corrected chi connectivity index (χ2v) is 11.1. The minimum absolute atomic E-state index is 0.817. The molecule has 3 nitrogen and oxygen atoms in total. The van der Waals surface area contributed by atoms with Crippen LogP contribution in [0.3, 0.4) is 0 Å². The number of nitrogens with one attached hydrogen (secondary N) is 1. The monoisotopic (exact) mass is 391 g/mol. The molecule has 1 saturated carbocycles. The normalized spacial score (nSPS) is 39.9. The number of likely N-dealkylation sites (N-methyl/N-ethyl adjacent to an activating group) is 2. The lowest BCUT2D eigenvalue weighted by Crippen LogP contribution is -2.60. The molecule has 3 heteroatoms. The van der Waals surface area contributed by atoms with E-state index in [4.69, 9.17) is 0 Å². The van der Waals surface area contributed by atoms with Crippen molar-refractivity contribution in [2.75, 3.05) is 33.7 Å². The van der Waals surface area contributed by atoms with Gasteiger partial charge in [0.15, 0.2) is 0 Å². The molecule has 4 rings (SSSR count). The zero-order chi connectivity index (χ0) is 20.3. The van der Waals surface area contributed by atoms with Crippen molar-refractivity contribution in [1.29, 1.82) is 0 Å². The Bertz CT molecular complexity index is 459. The molecule has 6 atom stereocenters. The fraction of sp³-hybridized carbons (Fsp3) is 1.00. The van der Waals surface area contributed by atoms with Crippen LogP contribution in [0.25, 0.3) is 0 Å². The third kappa shape index (κ3) is 5.13. The van der Waals surface area contributed by atoms with Gasteiger partial charge in [-0.15, -0.1) is 0 Å². The van der Waals surface area contributed by atoms with Crippen LogP contribution in [0.2, 0.25) is 0 Å². The molecule has 3 saturated heterocycles. The second-order valence-electron chi connectivity index (χ2n) is 11.1. The van der Waals surface area contributed by atoms with Crippen molar-refractivity contribution in [1.82, 2.24) is 15.1 Å². The first-order chi connectivity index (χ1) is 13.4. The van der Waals surface area contributed by atoms with Crippen LogP contribution in [0, 0.1) is 29.6 Å². The Hall–Kier alpha value is -0.120. The molecule has 1 N–H and O–H groups in total. The van der Waals surface area contributed by atoms with Crippen LogP contribution >= 0.6 is 0 Å². The Balaban J connectivity index is 0.000000162. The molecule has 3 heterocycles. The number of nitrogens with zero attached hydrogens (tertiary/aromatic N) is 2. The van der Waals surface area contributed by atoms with E-state index in [1.807, 2.05) is 0 Å². The van der Waals surface area contributed by atoms with E-state index in [0.29, 0.717) is 0 Å². The van der Waals surface area contributed by atoms with Gasteiger partial charge >= 0.3 is 0 Å². The largest absolute Gasteiger partial charge is 0.314 e. The number of likely N-dealkylation sites (tertiary alicyclic amines) is 2. The van der Waals surface area contributed by atoms with Gasteiger partial charge in [0.2, 0.25) is 0 Å². The number of rotatable bonds is 2. The van der Waals surface area contributed by atoms with E-state index < -0.39 is 0 Å². The van der Waals surface area contributed by atoms with Gasteiger partial charge in [-0.3, -0.25) is 0 Å². The van der Waals surface area contributed by atoms with Crippen molar-refractivity contribution in [2.45, 2.75) is 97.2 Å². The molecule has 6 unspecified atom stereocenters. The van der Waals surface area contributed by atoms with E-state index in [-0.39, 0.29) is 0 Å². The van der Waals surface area contributed by atoms with Gasteiger partial charge in [-0.25, -0.2) is 0 Å². The zero-order valence-corrected chi connectivity index (χ0v) is 19.8. The molecule has 164 valence electrons. The molecule has 0 aromatic rings. The van der Waals surface area contributed by atoms with Gasteiger partial charge in [0, 0.05) is 18.1 Å². The predicted molar refractivity (Wildman–Crippen MR) is 122 cm³/mol. The molecular weight excluding hydrogens is 342 g/mol. The molecule has 4 aliphatic rings. The molecule has 0 aromatic heterocycles. The molecule has 1 aliphatic carbocycles. The molecule has 0 aromatic carbocycles. The number of piperidine rings is 3. The predicted octanol–water partition coefficient (Wildman–Crippen LogP) is 4.87. The lowest BCUT2D eigenvalue weighted by atomic mass is 9.69. The van der Waals surface area contributed by atoms with Crippen molar-refractivity contribution in [3.63, 3.8) is 0 Å². The van der Waals surface area contributed by atoms with Crippen LogP contribution in [-0.4, -0.2) is 61.7 Å². The quantitative estimate of drug-likeness (QED) is 0.724.